The van der Waals surface area contributed by atoms with E-state index in [0.717, 1.165) is 60.7 Å². The van der Waals surface area contributed by atoms with E-state index in [-0.39, 0.29) is 41.8 Å². The largest absolute Gasteiger partial charge is 0.453 e. The normalized spacial score (nSPS) is 24.7. The van der Waals surface area contributed by atoms with Gasteiger partial charge in [0.1, 0.15) is 23.7 Å². The number of carbonyl (C=O) groups excluding carboxylic acids is 4. The molecule has 4 fully saturated rings. The number of benzene rings is 2. The molecule has 0 spiro atoms. The zero-order valence-electron chi connectivity index (χ0n) is 35.3. The number of carbonyl (C=O) groups is 4. The molecule has 4 amide bonds. The van der Waals surface area contributed by atoms with Gasteiger partial charge in [-0.05, 0) is 102 Å². The summed E-state index contributed by atoms with van der Waals surface area (Å²) < 4.78 is 9.63. The molecule has 4 N–H and O–H groups in total. The molecule has 4 aromatic rings. The van der Waals surface area contributed by atoms with Crippen molar-refractivity contribution in [2.45, 2.75) is 115 Å². The Labute approximate surface area is 350 Å². The highest BCUT2D eigenvalue weighted by Crippen LogP contribution is 2.58. The van der Waals surface area contributed by atoms with Crippen molar-refractivity contribution < 1.29 is 28.7 Å². The Morgan fingerprint density at radius 2 is 1.25 bits per heavy atom. The summed E-state index contributed by atoms with van der Waals surface area (Å²) in [5.41, 5.74) is 9.36. The molecule has 2 aromatic heterocycles. The molecule has 3 aliphatic carbocycles. The van der Waals surface area contributed by atoms with E-state index in [4.69, 9.17) is 19.4 Å². The number of methoxy groups -OCH3 is 2. The lowest BCUT2D eigenvalue weighted by atomic mass is 9.82. The number of hydrogen-bond donors (Lipinski definition) is 4. The molecule has 14 nitrogen and oxygen atoms in total. The van der Waals surface area contributed by atoms with E-state index in [1.807, 2.05) is 49.9 Å². The smallest absolute Gasteiger partial charge is 0.407 e. The molecule has 2 aromatic carbocycles. The monoisotopic (exact) mass is 816 g/mol. The van der Waals surface area contributed by atoms with Crippen LogP contribution in [0.4, 0.5) is 9.59 Å². The van der Waals surface area contributed by atoms with E-state index in [1.54, 1.807) is 0 Å². The van der Waals surface area contributed by atoms with Gasteiger partial charge in [0.2, 0.25) is 11.8 Å². The number of alkyl carbamates (subject to hydrolysis) is 2. The molecule has 14 heteroatoms. The number of ether oxygens (including phenoxy) is 2. The van der Waals surface area contributed by atoms with E-state index >= 15 is 0 Å². The highest BCUT2D eigenvalue weighted by molar-refractivity contribution is 5.88. The van der Waals surface area contributed by atoms with Gasteiger partial charge in [0.25, 0.3) is 0 Å². The molecule has 316 valence electrons. The maximum atomic E-state index is 13.9. The van der Waals surface area contributed by atoms with Crippen molar-refractivity contribution in [2.24, 2.45) is 17.8 Å². The van der Waals surface area contributed by atoms with Crippen molar-refractivity contribution in [3.63, 3.8) is 0 Å². The third-order valence-corrected chi connectivity index (χ3v) is 13.8. The number of hydrogen-bond acceptors (Lipinski definition) is 8. The first kappa shape index (κ1) is 39.8. The number of H-pyrrole nitrogens is 2. The highest BCUT2D eigenvalue weighted by atomic mass is 16.5. The van der Waals surface area contributed by atoms with E-state index in [0.29, 0.717) is 24.3 Å². The fraction of sp³-hybridized carbons (Fsp3) is 0.522. The molecule has 8 unspecified atom stereocenters. The van der Waals surface area contributed by atoms with E-state index in [1.165, 1.54) is 54.9 Å². The molecule has 4 heterocycles. The van der Waals surface area contributed by atoms with Crippen molar-refractivity contribution in [3.8, 4) is 33.6 Å². The molecule has 60 heavy (non-hydrogen) atoms. The summed E-state index contributed by atoms with van der Waals surface area (Å²) in [6.45, 7) is 8.31. The quantitative estimate of drug-likeness (QED) is 0.120. The average Bonchev–Trinajstić information content (AvgIpc) is 4.01. The predicted octanol–water partition coefficient (Wildman–Crippen LogP) is 7.59. The fourth-order valence-electron chi connectivity index (χ4n) is 10.7. The van der Waals surface area contributed by atoms with Gasteiger partial charge in [-0.2, -0.15) is 0 Å². The first-order valence-electron chi connectivity index (χ1n) is 21.6. The Hall–Kier alpha value is -5.66. The molecule has 8 atom stereocenters. The Kier molecular flexibility index (Phi) is 10.4. The number of nitrogens with zero attached hydrogens (tertiary/aromatic N) is 4. The Morgan fingerprint density at radius 3 is 1.90 bits per heavy atom. The fourth-order valence-corrected chi connectivity index (χ4v) is 10.7. The number of rotatable bonds is 11. The maximum Gasteiger partial charge on any atom is 0.407 e. The van der Waals surface area contributed by atoms with Gasteiger partial charge in [-0.25, -0.2) is 19.6 Å². The van der Waals surface area contributed by atoms with Gasteiger partial charge in [-0.15, -0.1) is 0 Å². The molecule has 2 saturated carbocycles. The molecular formula is C46H56N8O6. The van der Waals surface area contributed by atoms with E-state index < -0.39 is 24.3 Å². The average molecular weight is 817 g/mol. The summed E-state index contributed by atoms with van der Waals surface area (Å²) in [6, 6.07) is 11.6. The first-order valence-corrected chi connectivity index (χ1v) is 21.6. The van der Waals surface area contributed by atoms with Gasteiger partial charge in [-0.1, -0.05) is 64.1 Å². The molecule has 2 saturated heterocycles. The standard InChI is InChI=1S/C46H56N8O6/c1-23(2)39(51-45(57)59-5)43(55)53-17-7-8-34(53)41-48-22-33(50-41)31-16-15-30(37-27-13-14-28(18-27)38(31)37)25-9-11-26(12-10-25)32-21-47-42(49-32)36-20-29-19-35(29)54(36)44(56)40(24(3)4)52-46(58)60-6/h9-12,15-16,21-24,27-29,34-36,39-40H,7-8,13-14,17-20H2,1-6H3,(H,47,49)(H,48,50)(H,51,57)(H,52,58). The minimum absolute atomic E-state index is 0.0912. The summed E-state index contributed by atoms with van der Waals surface area (Å²) >= 11 is 0. The number of piperidine rings is 1. The number of amides is 4. The number of likely N-dealkylation sites (tertiary alicyclic amines) is 2. The zero-order valence-corrected chi connectivity index (χ0v) is 35.3. The van der Waals surface area contributed by atoms with Crippen LogP contribution >= 0.6 is 0 Å². The summed E-state index contributed by atoms with van der Waals surface area (Å²) in [5.74, 6) is 2.59. The molecule has 2 bridgehead atoms. The zero-order chi connectivity index (χ0) is 42.0. The summed E-state index contributed by atoms with van der Waals surface area (Å²) in [5, 5.41) is 5.49. The van der Waals surface area contributed by atoms with Gasteiger partial charge in [0.05, 0.1) is 50.1 Å². The lowest BCUT2D eigenvalue weighted by molar-refractivity contribution is -0.137. The number of imidazole rings is 2. The van der Waals surface area contributed by atoms with Crippen molar-refractivity contribution in [2.75, 3.05) is 20.8 Å². The maximum absolute atomic E-state index is 13.9. The van der Waals surface area contributed by atoms with Gasteiger partial charge in [0.15, 0.2) is 0 Å². The third-order valence-electron chi connectivity index (χ3n) is 13.8. The van der Waals surface area contributed by atoms with Gasteiger partial charge in [-0.3, -0.25) is 9.59 Å². The van der Waals surface area contributed by atoms with Crippen molar-refractivity contribution in [3.05, 3.63) is 71.6 Å². The van der Waals surface area contributed by atoms with Crippen LogP contribution in [-0.4, -0.2) is 92.6 Å². The van der Waals surface area contributed by atoms with E-state index in [9.17, 15) is 19.2 Å². The second-order valence-electron chi connectivity index (χ2n) is 18.1. The third kappa shape index (κ3) is 7.00. The summed E-state index contributed by atoms with van der Waals surface area (Å²) in [7, 11) is 2.62. The minimum atomic E-state index is -0.683. The van der Waals surface area contributed by atoms with Crippen LogP contribution in [0.15, 0.2) is 48.8 Å². The topological polar surface area (TPSA) is 175 Å². The minimum Gasteiger partial charge on any atom is -0.453 e. The van der Waals surface area contributed by atoms with Crippen LogP contribution in [0.25, 0.3) is 33.6 Å². The first-order chi connectivity index (χ1) is 28.9. The van der Waals surface area contributed by atoms with Crippen molar-refractivity contribution in [1.29, 1.82) is 0 Å². The lowest BCUT2D eigenvalue weighted by Gasteiger charge is -2.31. The molecule has 0 radical (unpaired) electrons. The van der Waals surface area contributed by atoms with Crippen molar-refractivity contribution >= 4 is 24.0 Å². The van der Waals surface area contributed by atoms with Crippen LogP contribution < -0.4 is 10.6 Å². The predicted molar refractivity (Wildman–Crippen MR) is 224 cm³/mol. The summed E-state index contributed by atoms with van der Waals surface area (Å²) in [6.07, 6.45) is 9.57. The van der Waals surface area contributed by atoms with Gasteiger partial charge >= 0.3 is 12.2 Å². The summed E-state index contributed by atoms with van der Waals surface area (Å²) in [4.78, 5) is 72.5. The van der Waals surface area contributed by atoms with E-state index in [2.05, 4.69) is 57.0 Å². The van der Waals surface area contributed by atoms with Gasteiger partial charge < -0.3 is 39.9 Å². The molecule has 9 rings (SSSR count). The second-order valence-corrected chi connectivity index (χ2v) is 18.1. The van der Waals surface area contributed by atoms with Crippen LogP contribution in [0.5, 0.6) is 0 Å². The SMILES string of the molecule is COC(=O)NC(C(=O)N1CCCC1c1ncc(-c2ccc(-c3ccc(-c4cnc(C5CC6CC6N5C(=O)C(NC(=O)OC)C(C)C)[nH]4)cc3)c3c2C2CCC3C2)[nH]1)C(C)C. The molecule has 2 aliphatic heterocycles. The van der Waals surface area contributed by atoms with Crippen LogP contribution in [0.3, 0.4) is 0 Å². The number of aromatic amines is 2. The Bertz CT molecular complexity index is 2300. The Morgan fingerprint density at radius 1 is 0.683 bits per heavy atom. The second kappa shape index (κ2) is 15.7. The molecule has 5 aliphatic rings. The highest BCUT2D eigenvalue weighted by Gasteiger charge is 2.56. The Balaban J connectivity index is 0.942. The van der Waals surface area contributed by atoms with Gasteiger partial charge in [0, 0.05) is 18.2 Å². The van der Waals surface area contributed by atoms with Crippen LogP contribution in [-0.2, 0) is 19.1 Å². The van der Waals surface area contributed by atoms with Crippen LogP contribution in [0.1, 0.15) is 119 Å². The number of aromatic nitrogens is 4. The van der Waals surface area contributed by atoms with Crippen molar-refractivity contribution in [1.82, 2.24) is 40.4 Å². The van der Waals surface area contributed by atoms with Crippen LogP contribution in [0.2, 0.25) is 0 Å². The number of fused-ring (bicyclic) bond motifs is 6. The lowest BCUT2D eigenvalue weighted by Crippen LogP contribution is -2.52. The number of nitrogens with one attached hydrogen (secondary N) is 4. The molecular weight excluding hydrogens is 761 g/mol. The van der Waals surface area contributed by atoms with Crippen LogP contribution in [0, 0.1) is 17.8 Å².